The third-order valence-electron chi connectivity index (χ3n) is 2.00. The SMILES string of the molecule is CNC1CC1.Cc1ccc[nH]c1=O. The van der Waals surface area contributed by atoms with Crippen LogP contribution in [-0.4, -0.2) is 18.1 Å². The molecule has 0 spiro atoms. The van der Waals surface area contributed by atoms with E-state index in [0.717, 1.165) is 11.6 Å². The summed E-state index contributed by atoms with van der Waals surface area (Å²) in [5, 5.41) is 3.14. The van der Waals surface area contributed by atoms with Crippen molar-refractivity contribution in [2.24, 2.45) is 0 Å². The van der Waals surface area contributed by atoms with Gasteiger partial charge in [-0.3, -0.25) is 4.79 Å². The molecule has 0 aromatic carbocycles. The van der Waals surface area contributed by atoms with Crippen molar-refractivity contribution in [1.29, 1.82) is 0 Å². The third kappa shape index (κ3) is 3.90. The van der Waals surface area contributed by atoms with Gasteiger partial charge in [-0.1, -0.05) is 6.07 Å². The Hall–Kier alpha value is -1.09. The van der Waals surface area contributed by atoms with E-state index in [0.29, 0.717) is 0 Å². The van der Waals surface area contributed by atoms with Crippen LogP contribution in [0.5, 0.6) is 0 Å². The highest BCUT2D eigenvalue weighted by Gasteiger charge is 2.17. The number of nitrogens with one attached hydrogen (secondary N) is 2. The van der Waals surface area contributed by atoms with Crippen LogP contribution in [0.1, 0.15) is 18.4 Å². The summed E-state index contributed by atoms with van der Waals surface area (Å²) < 4.78 is 0. The number of H-pyrrole nitrogens is 1. The van der Waals surface area contributed by atoms with Gasteiger partial charge in [0.15, 0.2) is 0 Å². The zero-order chi connectivity index (χ0) is 9.68. The lowest BCUT2D eigenvalue weighted by Gasteiger charge is -1.83. The first-order valence-corrected chi connectivity index (χ1v) is 4.55. The molecule has 1 aromatic heterocycles. The van der Waals surface area contributed by atoms with Gasteiger partial charge in [0.2, 0.25) is 0 Å². The largest absolute Gasteiger partial charge is 0.329 e. The van der Waals surface area contributed by atoms with Crippen LogP contribution in [0, 0.1) is 6.92 Å². The van der Waals surface area contributed by atoms with E-state index >= 15 is 0 Å². The maximum absolute atomic E-state index is 10.6. The van der Waals surface area contributed by atoms with E-state index in [4.69, 9.17) is 0 Å². The Balaban J connectivity index is 0.000000145. The Morgan fingerprint density at radius 2 is 2.23 bits per heavy atom. The quantitative estimate of drug-likeness (QED) is 0.678. The standard InChI is InChI=1S/C6H7NO.C4H9N/c1-5-3-2-4-7-6(5)8;1-5-4-2-3-4/h2-4H,1H3,(H,7,8);4-5H,2-3H2,1H3. The summed E-state index contributed by atoms with van der Waals surface area (Å²) in [6, 6.07) is 4.46. The maximum Gasteiger partial charge on any atom is 0.250 e. The van der Waals surface area contributed by atoms with E-state index in [9.17, 15) is 4.79 Å². The summed E-state index contributed by atoms with van der Waals surface area (Å²) in [5.41, 5.74) is 0.750. The molecule has 1 aromatic rings. The van der Waals surface area contributed by atoms with Crippen LogP contribution in [0.15, 0.2) is 23.1 Å². The normalized spacial score (nSPS) is 14.6. The zero-order valence-corrected chi connectivity index (χ0v) is 8.13. The molecular formula is C10H16N2O. The average Bonchev–Trinajstić information content (AvgIpc) is 2.94. The van der Waals surface area contributed by atoms with Crippen LogP contribution >= 0.6 is 0 Å². The summed E-state index contributed by atoms with van der Waals surface area (Å²) >= 11 is 0. The Bertz CT molecular complexity index is 302. The highest BCUT2D eigenvalue weighted by Crippen LogP contribution is 2.16. The second-order valence-corrected chi connectivity index (χ2v) is 3.25. The van der Waals surface area contributed by atoms with Gasteiger partial charge in [-0.25, -0.2) is 0 Å². The first-order valence-electron chi connectivity index (χ1n) is 4.55. The predicted molar refractivity (Wildman–Crippen MR) is 53.9 cm³/mol. The fraction of sp³-hybridized carbons (Fsp3) is 0.500. The van der Waals surface area contributed by atoms with Crippen molar-refractivity contribution in [3.8, 4) is 0 Å². The van der Waals surface area contributed by atoms with Gasteiger partial charge >= 0.3 is 0 Å². The van der Waals surface area contributed by atoms with E-state index in [1.54, 1.807) is 25.3 Å². The zero-order valence-electron chi connectivity index (χ0n) is 8.13. The number of hydrogen-bond acceptors (Lipinski definition) is 2. The van der Waals surface area contributed by atoms with Crippen molar-refractivity contribution >= 4 is 0 Å². The molecule has 2 rings (SSSR count). The topological polar surface area (TPSA) is 44.9 Å². The van der Waals surface area contributed by atoms with Crippen molar-refractivity contribution in [2.75, 3.05) is 7.05 Å². The molecule has 3 nitrogen and oxygen atoms in total. The number of pyridine rings is 1. The minimum Gasteiger partial charge on any atom is -0.329 e. The van der Waals surface area contributed by atoms with Crippen LogP contribution in [0.3, 0.4) is 0 Å². The van der Waals surface area contributed by atoms with E-state index in [2.05, 4.69) is 10.3 Å². The number of aryl methyl sites for hydroxylation is 1. The van der Waals surface area contributed by atoms with Gasteiger partial charge in [0.25, 0.3) is 5.56 Å². The second-order valence-electron chi connectivity index (χ2n) is 3.25. The average molecular weight is 180 g/mol. The lowest BCUT2D eigenvalue weighted by Crippen LogP contribution is -2.06. The lowest BCUT2D eigenvalue weighted by molar-refractivity contribution is 0.811. The van der Waals surface area contributed by atoms with Gasteiger partial charge < -0.3 is 10.3 Å². The summed E-state index contributed by atoms with van der Waals surface area (Å²) in [7, 11) is 2.01. The molecule has 1 heterocycles. The van der Waals surface area contributed by atoms with Gasteiger partial charge in [-0.05, 0) is 32.9 Å². The number of hydrogen-bond donors (Lipinski definition) is 2. The number of rotatable bonds is 1. The molecule has 0 saturated heterocycles. The Morgan fingerprint density at radius 3 is 2.46 bits per heavy atom. The smallest absolute Gasteiger partial charge is 0.250 e. The summed E-state index contributed by atoms with van der Waals surface area (Å²) in [6.45, 7) is 1.78. The Kier molecular flexibility index (Phi) is 3.71. The van der Waals surface area contributed by atoms with E-state index in [-0.39, 0.29) is 5.56 Å². The van der Waals surface area contributed by atoms with Gasteiger partial charge in [0.1, 0.15) is 0 Å². The highest BCUT2D eigenvalue weighted by molar-refractivity contribution is 5.05. The van der Waals surface area contributed by atoms with Crippen molar-refractivity contribution in [2.45, 2.75) is 25.8 Å². The molecule has 0 atom stereocenters. The number of aromatic nitrogens is 1. The molecule has 0 bridgehead atoms. The molecule has 1 fully saturated rings. The molecule has 0 unspecified atom stereocenters. The second kappa shape index (κ2) is 4.82. The fourth-order valence-corrected chi connectivity index (χ4v) is 0.878. The molecule has 1 aliphatic carbocycles. The van der Waals surface area contributed by atoms with Crippen LogP contribution in [0.2, 0.25) is 0 Å². The minimum atomic E-state index is -0.00694. The van der Waals surface area contributed by atoms with Crippen molar-refractivity contribution in [3.05, 3.63) is 34.2 Å². The first-order chi connectivity index (χ1) is 6.24. The van der Waals surface area contributed by atoms with Crippen molar-refractivity contribution in [3.63, 3.8) is 0 Å². The summed E-state index contributed by atoms with van der Waals surface area (Å²) in [4.78, 5) is 13.1. The molecule has 2 N–H and O–H groups in total. The van der Waals surface area contributed by atoms with Crippen LogP contribution in [0.25, 0.3) is 0 Å². The molecule has 0 aliphatic heterocycles. The van der Waals surface area contributed by atoms with Crippen LogP contribution < -0.4 is 10.9 Å². The van der Waals surface area contributed by atoms with Gasteiger partial charge in [-0.15, -0.1) is 0 Å². The first kappa shape index (κ1) is 9.99. The molecule has 1 saturated carbocycles. The monoisotopic (exact) mass is 180 g/mol. The Labute approximate surface area is 78.2 Å². The molecule has 0 radical (unpaired) electrons. The molecular weight excluding hydrogens is 164 g/mol. The molecule has 13 heavy (non-hydrogen) atoms. The van der Waals surface area contributed by atoms with Crippen molar-refractivity contribution < 1.29 is 0 Å². The van der Waals surface area contributed by atoms with Crippen molar-refractivity contribution in [1.82, 2.24) is 10.3 Å². The van der Waals surface area contributed by atoms with Gasteiger partial charge in [0, 0.05) is 17.8 Å². The third-order valence-corrected chi connectivity index (χ3v) is 2.00. The summed E-state index contributed by atoms with van der Waals surface area (Å²) in [5.74, 6) is 0. The maximum atomic E-state index is 10.6. The highest BCUT2D eigenvalue weighted by atomic mass is 16.1. The minimum absolute atomic E-state index is 0.00694. The molecule has 1 aliphatic rings. The summed E-state index contributed by atoms with van der Waals surface area (Å²) in [6.07, 6.45) is 4.42. The van der Waals surface area contributed by atoms with E-state index in [1.165, 1.54) is 12.8 Å². The van der Waals surface area contributed by atoms with Gasteiger partial charge in [0.05, 0.1) is 0 Å². The Morgan fingerprint density at radius 1 is 1.54 bits per heavy atom. The van der Waals surface area contributed by atoms with Crippen LogP contribution in [0.4, 0.5) is 0 Å². The van der Waals surface area contributed by atoms with Crippen LogP contribution in [-0.2, 0) is 0 Å². The van der Waals surface area contributed by atoms with Gasteiger partial charge in [-0.2, -0.15) is 0 Å². The van der Waals surface area contributed by atoms with E-state index < -0.39 is 0 Å². The molecule has 72 valence electrons. The molecule has 3 heteroatoms. The number of aromatic amines is 1. The molecule has 0 amide bonds. The fourth-order valence-electron chi connectivity index (χ4n) is 0.878. The van der Waals surface area contributed by atoms with E-state index in [1.807, 2.05) is 7.05 Å². The predicted octanol–water partition coefficient (Wildman–Crippen LogP) is 1.05. The lowest BCUT2D eigenvalue weighted by atomic mass is 10.3.